The molecule has 1 saturated heterocycles. The third-order valence-electron chi connectivity index (χ3n) is 4.07. The first kappa shape index (κ1) is 16.8. The Morgan fingerprint density at radius 3 is 2.25 bits per heavy atom. The molecule has 1 heterocycles. The van der Waals surface area contributed by atoms with E-state index in [4.69, 9.17) is 14.2 Å². The molecule has 0 bridgehead atoms. The lowest BCUT2D eigenvalue weighted by atomic mass is 10.2. The van der Waals surface area contributed by atoms with Gasteiger partial charge in [0.15, 0.2) is 11.5 Å². The Morgan fingerprint density at radius 2 is 1.50 bits per heavy atom. The summed E-state index contributed by atoms with van der Waals surface area (Å²) in [5.74, 6) is 1.61. The average molecular weight is 327 g/mol. The molecule has 2 aromatic rings. The molecule has 128 valence electrons. The fourth-order valence-electron chi connectivity index (χ4n) is 2.72. The summed E-state index contributed by atoms with van der Waals surface area (Å²) in [7, 11) is 0. The van der Waals surface area contributed by atoms with Gasteiger partial charge in [0, 0.05) is 19.6 Å². The second kappa shape index (κ2) is 9.30. The predicted molar refractivity (Wildman–Crippen MR) is 94.6 cm³/mol. The van der Waals surface area contributed by atoms with Gasteiger partial charge in [-0.15, -0.1) is 0 Å². The van der Waals surface area contributed by atoms with Gasteiger partial charge in [0.05, 0.1) is 19.8 Å². The highest BCUT2D eigenvalue weighted by atomic mass is 16.5. The third kappa shape index (κ3) is 5.25. The molecule has 4 heteroatoms. The van der Waals surface area contributed by atoms with Crippen molar-refractivity contribution in [2.75, 3.05) is 39.5 Å². The van der Waals surface area contributed by atoms with Crippen molar-refractivity contribution in [3.05, 3.63) is 60.2 Å². The quantitative estimate of drug-likeness (QED) is 0.696. The molecule has 0 amide bonds. The molecular weight excluding hydrogens is 302 g/mol. The van der Waals surface area contributed by atoms with E-state index in [0.717, 1.165) is 56.3 Å². The van der Waals surface area contributed by atoms with E-state index in [2.05, 4.69) is 17.0 Å². The molecular formula is C20H25NO3. The van der Waals surface area contributed by atoms with Crippen molar-refractivity contribution in [2.24, 2.45) is 0 Å². The van der Waals surface area contributed by atoms with E-state index in [9.17, 15) is 0 Å². The molecule has 0 saturated carbocycles. The molecule has 1 aliphatic rings. The van der Waals surface area contributed by atoms with Gasteiger partial charge in [-0.25, -0.2) is 0 Å². The molecule has 0 unspecified atom stereocenters. The average Bonchev–Trinajstić information content (AvgIpc) is 2.66. The van der Waals surface area contributed by atoms with Crippen LogP contribution in [0.15, 0.2) is 54.6 Å². The third-order valence-corrected chi connectivity index (χ3v) is 4.07. The molecule has 0 aliphatic carbocycles. The molecule has 24 heavy (non-hydrogen) atoms. The number of hydrogen-bond acceptors (Lipinski definition) is 4. The lowest BCUT2D eigenvalue weighted by Crippen LogP contribution is -2.37. The summed E-state index contributed by atoms with van der Waals surface area (Å²) < 4.78 is 17.2. The maximum absolute atomic E-state index is 5.93. The van der Waals surface area contributed by atoms with Gasteiger partial charge in [0.25, 0.3) is 0 Å². The fourth-order valence-corrected chi connectivity index (χ4v) is 2.72. The van der Waals surface area contributed by atoms with Crippen molar-refractivity contribution in [3.63, 3.8) is 0 Å². The van der Waals surface area contributed by atoms with Crippen molar-refractivity contribution >= 4 is 0 Å². The van der Waals surface area contributed by atoms with E-state index in [-0.39, 0.29) is 0 Å². The number of hydrogen-bond donors (Lipinski definition) is 0. The number of morpholine rings is 1. The van der Waals surface area contributed by atoms with Gasteiger partial charge in [-0.3, -0.25) is 4.90 Å². The predicted octanol–water partition coefficient (Wildman–Crippen LogP) is 3.37. The van der Waals surface area contributed by atoms with Crippen LogP contribution >= 0.6 is 0 Å². The SMILES string of the molecule is c1ccc(COc2ccccc2OCCCN2CCOCC2)cc1. The number of nitrogens with zero attached hydrogens (tertiary/aromatic N) is 1. The molecule has 0 N–H and O–H groups in total. The Labute approximate surface area is 144 Å². The van der Waals surface area contributed by atoms with Crippen molar-refractivity contribution in [1.82, 2.24) is 4.90 Å². The topological polar surface area (TPSA) is 30.9 Å². The van der Waals surface area contributed by atoms with Gasteiger partial charge in [-0.05, 0) is 24.1 Å². The van der Waals surface area contributed by atoms with E-state index >= 15 is 0 Å². The van der Waals surface area contributed by atoms with E-state index in [1.165, 1.54) is 0 Å². The minimum absolute atomic E-state index is 0.551. The largest absolute Gasteiger partial charge is 0.490 e. The molecule has 0 atom stereocenters. The van der Waals surface area contributed by atoms with Crippen LogP contribution in [-0.4, -0.2) is 44.4 Å². The second-order valence-corrected chi connectivity index (χ2v) is 5.88. The lowest BCUT2D eigenvalue weighted by molar-refractivity contribution is 0.0357. The Morgan fingerprint density at radius 1 is 0.833 bits per heavy atom. The van der Waals surface area contributed by atoms with Crippen LogP contribution < -0.4 is 9.47 Å². The smallest absolute Gasteiger partial charge is 0.161 e. The zero-order chi connectivity index (χ0) is 16.5. The van der Waals surface area contributed by atoms with E-state index < -0.39 is 0 Å². The van der Waals surface area contributed by atoms with E-state index in [1.807, 2.05) is 42.5 Å². The van der Waals surface area contributed by atoms with Gasteiger partial charge >= 0.3 is 0 Å². The summed E-state index contributed by atoms with van der Waals surface area (Å²) >= 11 is 0. The van der Waals surface area contributed by atoms with Crippen LogP contribution in [0.1, 0.15) is 12.0 Å². The van der Waals surface area contributed by atoms with Crippen LogP contribution in [0, 0.1) is 0 Å². The standard InChI is InChI=1S/C20H25NO3/c1-2-7-18(8-3-1)17-24-20-10-5-4-9-19(20)23-14-6-11-21-12-15-22-16-13-21/h1-5,7-10H,6,11-17H2. The summed E-state index contributed by atoms with van der Waals surface area (Å²) in [5, 5.41) is 0. The summed E-state index contributed by atoms with van der Waals surface area (Å²) in [6, 6.07) is 18.1. The summed E-state index contributed by atoms with van der Waals surface area (Å²) in [5.41, 5.74) is 1.15. The highest BCUT2D eigenvalue weighted by Crippen LogP contribution is 2.27. The van der Waals surface area contributed by atoms with Crippen LogP contribution in [0.25, 0.3) is 0 Å². The monoisotopic (exact) mass is 327 g/mol. The number of ether oxygens (including phenoxy) is 3. The Balaban J connectivity index is 1.45. The van der Waals surface area contributed by atoms with Crippen LogP contribution in [0.4, 0.5) is 0 Å². The zero-order valence-corrected chi connectivity index (χ0v) is 14.0. The lowest BCUT2D eigenvalue weighted by Gasteiger charge is -2.26. The molecule has 1 fully saturated rings. The van der Waals surface area contributed by atoms with Crippen LogP contribution in [0.5, 0.6) is 11.5 Å². The van der Waals surface area contributed by atoms with E-state index in [0.29, 0.717) is 13.2 Å². The van der Waals surface area contributed by atoms with Crippen LogP contribution in [0.2, 0.25) is 0 Å². The molecule has 4 nitrogen and oxygen atoms in total. The first-order valence-corrected chi connectivity index (χ1v) is 8.60. The van der Waals surface area contributed by atoms with Gasteiger partial charge in [0.1, 0.15) is 6.61 Å². The van der Waals surface area contributed by atoms with Crippen molar-refractivity contribution in [3.8, 4) is 11.5 Å². The first-order valence-electron chi connectivity index (χ1n) is 8.60. The van der Waals surface area contributed by atoms with Gasteiger partial charge in [0.2, 0.25) is 0 Å². The Bertz CT molecular complexity index is 597. The summed E-state index contributed by atoms with van der Waals surface area (Å²) in [4.78, 5) is 2.42. The number of para-hydroxylation sites is 2. The molecule has 0 spiro atoms. The first-order chi connectivity index (χ1) is 11.9. The highest BCUT2D eigenvalue weighted by Gasteiger charge is 2.10. The van der Waals surface area contributed by atoms with E-state index in [1.54, 1.807) is 0 Å². The fraction of sp³-hybridized carbons (Fsp3) is 0.400. The number of benzene rings is 2. The van der Waals surface area contributed by atoms with Crippen molar-refractivity contribution in [1.29, 1.82) is 0 Å². The Hall–Kier alpha value is -2.04. The maximum Gasteiger partial charge on any atom is 0.161 e. The van der Waals surface area contributed by atoms with Gasteiger partial charge in [-0.2, -0.15) is 0 Å². The van der Waals surface area contributed by atoms with Crippen LogP contribution in [-0.2, 0) is 11.3 Å². The molecule has 3 rings (SSSR count). The Kier molecular flexibility index (Phi) is 6.51. The molecule has 1 aliphatic heterocycles. The normalized spacial score (nSPS) is 15.2. The summed E-state index contributed by atoms with van der Waals surface area (Å²) in [6.07, 6.45) is 1.01. The van der Waals surface area contributed by atoms with Crippen molar-refractivity contribution in [2.45, 2.75) is 13.0 Å². The molecule has 0 radical (unpaired) electrons. The maximum atomic E-state index is 5.93. The van der Waals surface area contributed by atoms with Crippen molar-refractivity contribution < 1.29 is 14.2 Å². The summed E-state index contributed by atoms with van der Waals surface area (Å²) in [6.45, 7) is 6.04. The molecule has 2 aromatic carbocycles. The minimum Gasteiger partial charge on any atom is -0.490 e. The number of rotatable bonds is 8. The van der Waals surface area contributed by atoms with Gasteiger partial charge in [-0.1, -0.05) is 42.5 Å². The second-order valence-electron chi connectivity index (χ2n) is 5.88. The zero-order valence-electron chi connectivity index (χ0n) is 14.0. The van der Waals surface area contributed by atoms with Gasteiger partial charge < -0.3 is 14.2 Å². The highest BCUT2D eigenvalue weighted by molar-refractivity contribution is 5.39. The van der Waals surface area contributed by atoms with Crippen LogP contribution in [0.3, 0.4) is 0 Å². The molecule has 0 aromatic heterocycles. The minimum atomic E-state index is 0.551.